The van der Waals surface area contributed by atoms with E-state index in [0.29, 0.717) is 12.0 Å². The lowest BCUT2D eigenvalue weighted by molar-refractivity contribution is -0.159. The van der Waals surface area contributed by atoms with E-state index in [1.807, 2.05) is 6.07 Å². The molecule has 0 amide bonds. The van der Waals surface area contributed by atoms with Crippen LogP contribution in [0.1, 0.15) is 68.2 Å². The lowest BCUT2D eigenvalue weighted by atomic mass is 9.82. The molecule has 2 aromatic heterocycles. The van der Waals surface area contributed by atoms with Gasteiger partial charge in [-0.1, -0.05) is 6.07 Å². The number of aromatic nitrogens is 3. The van der Waals surface area contributed by atoms with Crippen molar-refractivity contribution in [3.63, 3.8) is 0 Å². The van der Waals surface area contributed by atoms with Gasteiger partial charge in [-0.15, -0.1) is 0 Å². The van der Waals surface area contributed by atoms with Gasteiger partial charge in [0, 0.05) is 43.4 Å². The normalized spacial score (nSPS) is 14.5. The molecule has 36 heavy (non-hydrogen) atoms. The van der Waals surface area contributed by atoms with Crippen molar-refractivity contribution < 1.29 is 29.0 Å². The van der Waals surface area contributed by atoms with Crippen LogP contribution in [0.3, 0.4) is 0 Å². The summed E-state index contributed by atoms with van der Waals surface area (Å²) in [6.45, 7) is 2.57. The summed E-state index contributed by atoms with van der Waals surface area (Å²) in [5.41, 5.74) is 2.60. The first-order valence-corrected chi connectivity index (χ1v) is 12.4. The van der Waals surface area contributed by atoms with E-state index < -0.39 is 23.8 Å². The molecule has 2 atom stereocenters. The molecule has 1 aliphatic heterocycles. The fourth-order valence-electron chi connectivity index (χ4n) is 4.37. The second-order valence-corrected chi connectivity index (χ2v) is 8.82. The first kappa shape index (κ1) is 27.0. The molecule has 10 heteroatoms. The van der Waals surface area contributed by atoms with Gasteiger partial charge in [0.05, 0.1) is 13.7 Å². The van der Waals surface area contributed by atoms with Gasteiger partial charge in [0.25, 0.3) is 0 Å². The number of ketones is 1. The van der Waals surface area contributed by atoms with Crippen molar-refractivity contribution in [2.75, 3.05) is 25.6 Å². The number of rotatable bonds is 13. The number of carboxylic acids is 1. The van der Waals surface area contributed by atoms with E-state index in [9.17, 15) is 19.5 Å². The molecule has 0 fully saturated rings. The summed E-state index contributed by atoms with van der Waals surface area (Å²) in [5, 5.41) is 13.2. The van der Waals surface area contributed by atoms with Crippen LogP contribution in [-0.4, -0.2) is 58.0 Å². The van der Waals surface area contributed by atoms with Crippen molar-refractivity contribution in [2.45, 2.75) is 64.2 Å². The van der Waals surface area contributed by atoms with Crippen molar-refractivity contribution in [1.29, 1.82) is 0 Å². The fraction of sp³-hybridized carbons (Fsp3) is 0.538. The molecule has 2 aromatic rings. The fourth-order valence-corrected chi connectivity index (χ4v) is 4.37. The van der Waals surface area contributed by atoms with E-state index in [1.54, 1.807) is 6.92 Å². The number of methoxy groups -OCH3 is 1. The standard InChI is InChI=1S/C26H34N4O6/c1-3-36-25(34)22(24(32)33)21(18-15-28-26(35-2)29-16-18)14-20(31)10-5-4-9-19-12-11-17-8-6-7-13-27-23(17)30-19/h11-12,15-16,21-22H,3-10,13-14H2,1-2H3,(H,27,30)(H,32,33). The quantitative estimate of drug-likeness (QED) is 0.240. The number of unbranched alkanes of at least 4 members (excludes halogenated alkanes) is 1. The predicted molar refractivity (Wildman–Crippen MR) is 132 cm³/mol. The van der Waals surface area contributed by atoms with E-state index in [1.165, 1.54) is 25.1 Å². The van der Waals surface area contributed by atoms with E-state index in [-0.39, 0.29) is 31.2 Å². The summed E-state index contributed by atoms with van der Waals surface area (Å²) in [5.74, 6) is -3.90. The minimum atomic E-state index is -1.54. The third-order valence-electron chi connectivity index (χ3n) is 6.26. The molecule has 0 saturated heterocycles. The van der Waals surface area contributed by atoms with E-state index >= 15 is 0 Å². The average molecular weight is 499 g/mol. The number of carbonyl (C=O) groups is 3. The van der Waals surface area contributed by atoms with Crippen LogP contribution < -0.4 is 10.1 Å². The Bertz CT molecular complexity index is 1040. The van der Waals surface area contributed by atoms with Gasteiger partial charge in [0.2, 0.25) is 0 Å². The highest BCUT2D eigenvalue weighted by Gasteiger charge is 2.38. The minimum absolute atomic E-state index is 0.0364. The molecule has 0 saturated carbocycles. The number of hydrogen-bond donors (Lipinski definition) is 2. The number of Topliss-reactive ketones (excluding diaryl/α,β-unsaturated/α-hetero) is 1. The van der Waals surface area contributed by atoms with E-state index in [0.717, 1.165) is 50.2 Å². The van der Waals surface area contributed by atoms with Crippen LogP contribution in [0, 0.1) is 5.92 Å². The number of fused-ring (bicyclic) bond motifs is 1. The minimum Gasteiger partial charge on any atom is -0.481 e. The number of aliphatic carboxylic acids is 1. The molecular formula is C26H34N4O6. The summed E-state index contributed by atoms with van der Waals surface area (Å²) in [4.78, 5) is 50.1. The smallest absolute Gasteiger partial charge is 0.320 e. The molecule has 2 unspecified atom stereocenters. The Morgan fingerprint density at radius 1 is 1.14 bits per heavy atom. The van der Waals surface area contributed by atoms with E-state index in [4.69, 9.17) is 14.5 Å². The maximum atomic E-state index is 12.9. The monoisotopic (exact) mass is 498 g/mol. The van der Waals surface area contributed by atoms with Gasteiger partial charge in [0.1, 0.15) is 11.6 Å². The molecule has 0 aliphatic carbocycles. The Morgan fingerprint density at radius 2 is 1.92 bits per heavy atom. The predicted octanol–water partition coefficient (Wildman–Crippen LogP) is 3.35. The van der Waals surface area contributed by atoms with Gasteiger partial charge < -0.3 is 19.9 Å². The van der Waals surface area contributed by atoms with Crippen LogP contribution in [0.4, 0.5) is 5.82 Å². The van der Waals surface area contributed by atoms with Crippen molar-refractivity contribution >= 4 is 23.5 Å². The Labute approximate surface area is 210 Å². The van der Waals surface area contributed by atoms with Gasteiger partial charge >= 0.3 is 17.9 Å². The third kappa shape index (κ3) is 7.47. The number of hydrogen-bond acceptors (Lipinski definition) is 9. The second kappa shape index (κ2) is 13.5. The molecule has 194 valence electrons. The van der Waals surface area contributed by atoms with E-state index in [2.05, 4.69) is 21.4 Å². The lowest BCUT2D eigenvalue weighted by Crippen LogP contribution is -2.33. The number of carboxylic acid groups (broad SMARTS) is 1. The maximum absolute atomic E-state index is 12.9. The van der Waals surface area contributed by atoms with Gasteiger partial charge in [-0.25, -0.2) is 15.0 Å². The Hall–Kier alpha value is -3.56. The van der Waals surface area contributed by atoms with Crippen LogP contribution >= 0.6 is 0 Å². The Kier molecular flexibility index (Phi) is 10.1. The molecule has 3 heterocycles. The van der Waals surface area contributed by atoms with Gasteiger partial charge in [-0.3, -0.25) is 14.4 Å². The van der Waals surface area contributed by atoms with Gasteiger partial charge in [-0.05, 0) is 62.6 Å². The zero-order valence-corrected chi connectivity index (χ0v) is 20.9. The highest BCUT2D eigenvalue weighted by molar-refractivity contribution is 5.96. The topological polar surface area (TPSA) is 141 Å². The van der Waals surface area contributed by atoms with Crippen LogP contribution in [0.25, 0.3) is 0 Å². The number of pyridine rings is 1. The molecule has 3 rings (SSSR count). The van der Waals surface area contributed by atoms with Crippen molar-refractivity contribution in [2.24, 2.45) is 5.92 Å². The molecule has 0 spiro atoms. The number of esters is 1. The van der Waals surface area contributed by atoms with Crippen LogP contribution in [0.15, 0.2) is 24.5 Å². The number of nitrogens with zero attached hydrogens (tertiary/aromatic N) is 3. The summed E-state index contributed by atoms with van der Waals surface area (Å²) in [6.07, 6.45) is 8.39. The molecule has 2 N–H and O–H groups in total. The van der Waals surface area contributed by atoms with Crippen LogP contribution in [0.5, 0.6) is 6.01 Å². The number of carbonyl (C=O) groups excluding carboxylic acids is 2. The number of ether oxygens (including phenoxy) is 2. The SMILES string of the molecule is CCOC(=O)C(C(=O)O)C(CC(=O)CCCCc1ccc2c(n1)NCCCC2)c1cnc(OC)nc1. The van der Waals surface area contributed by atoms with Crippen LogP contribution in [0.2, 0.25) is 0 Å². The Balaban J connectivity index is 1.61. The third-order valence-corrected chi connectivity index (χ3v) is 6.26. The van der Waals surface area contributed by atoms with Crippen molar-refractivity contribution in [3.8, 4) is 6.01 Å². The Morgan fingerprint density at radius 3 is 2.61 bits per heavy atom. The zero-order chi connectivity index (χ0) is 25.9. The van der Waals surface area contributed by atoms with Crippen LogP contribution in [-0.2, 0) is 32.0 Å². The molecule has 1 aliphatic rings. The highest BCUT2D eigenvalue weighted by atomic mass is 16.5. The largest absolute Gasteiger partial charge is 0.481 e. The average Bonchev–Trinajstić information content (AvgIpc) is 3.11. The lowest BCUT2D eigenvalue weighted by Gasteiger charge is -2.22. The molecule has 0 bridgehead atoms. The summed E-state index contributed by atoms with van der Waals surface area (Å²) < 4.78 is 9.94. The number of anilines is 1. The molecule has 0 radical (unpaired) electrons. The van der Waals surface area contributed by atoms with Gasteiger partial charge in [0.15, 0.2) is 5.92 Å². The van der Waals surface area contributed by atoms with Crippen molar-refractivity contribution in [1.82, 2.24) is 15.0 Å². The first-order chi connectivity index (χ1) is 17.4. The molecule has 10 nitrogen and oxygen atoms in total. The summed E-state index contributed by atoms with van der Waals surface area (Å²) in [6, 6.07) is 4.28. The molecular weight excluding hydrogens is 464 g/mol. The highest BCUT2D eigenvalue weighted by Crippen LogP contribution is 2.31. The van der Waals surface area contributed by atoms with Crippen molar-refractivity contribution in [3.05, 3.63) is 41.3 Å². The number of nitrogens with one attached hydrogen (secondary N) is 1. The molecule has 0 aromatic carbocycles. The zero-order valence-electron chi connectivity index (χ0n) is 20.9. The number of aryl methyl sites for hydroxylation is 2. The summed E-state index contributed by atoms with van der Waals surface area (Å²) in [7, 11) is 1.41. The first-order valence-electron chi connectivity index (χ1n) is 12.4. The van der Waals surface area contributed by atoms with Gasteiger partial charge in [-0.2, -0.15) is 0 Å². The summed E-state index contributed by atoms with van der Waals surface area (Å²) >= 11 is 0. The maximum Gasteiger partial charge on any atom is 0.320 e. The second-order valence-electron chi connectivity index (χ2n) is 8.82.